The van der Waals surface area contributed by atoms with E-state index in [1.165, 1.54) is 0 Å². The fraction of sp³-hybridized carbons (Fsp3) is 0.556. The average Bonchev–Trinajstić information content (AvgIpc) is 2.47. The quantitative estimate of drug-likeness (QED) is 0.706. The van der Waals surface area contributed by atoms with Gasteiger partial charge in [-0.25, -0.2) is 0 Å². The number of anilines is 1. The zero-order valence-electron chi connectivity index (χ0n) is 7.82. The van der Waals surface area contributed by atoms with Gasteiger partial charge in [-0.05, 0) is 18.6 Å². The Hall–Kier alpha value is -0.870. The van der Waals surface area contributed by atoms with Crippen LogP contribution in [0.5, 0.6) is 0 Å². The Labute approximate surface area is 87.8 Å². The molecule has 4 nitrogen and oxygen atoms in total. The minimum atomic E-state index is 0.430. The van der Waals surface area contributed by atoms with Gasteiger partial charge in [0.2, 0.25) is 0 Å². The van der Waals surface area contributed by atoms with Crippen LogP contribution in [0.1, 0.15) is 6.42 Å². The molecule has 0 aromatic carbocycles. The van der Waals surface area contributed by atoms with E-state index in [2.05, 4.69) is 15.1 Å². The standard InChI is InChI=1S/C9H12ClN3O/c10-8-2-3-9(12-11-8)13-4-1-6-14-7-5-13/h2-3H,1,4-7H2. The summed E-state index contributed by atoms with van der Waals surface area (Å²) in [7, 11) is 0. The molecule has 2 heterocycles. The number of nitrogens with zero attached hydrogens (tertiary/aromatic N) is 3. The summed E-state index contributed by atoms with van der Waals surface area (Å²) in [6, 6.07) is 3.65. The fourth-order valence-corrected chi connectivity index (χ4v) is 1.55. The third-order valence-corrected chi connectivity index (χ3v) is 2.37. The average molecular weight is 214 g/mol. The van der Waals surface area contributed by atoms with Gasteiger partial charge in [-0.1, -0.05) is 11.6 Å². The minimum absolute atomic E-state index is 0.430. The number of hydrogen-bond donors (Lipinski definition) is 0. The van der Waals surface area contributed by atoms with Crippen LogP contribution in [0.2, 0.25) is 5.15 Å². The second-order valence-corrected chi connectivity index (χ2v) is 3.55. The van der Waals surface area contributed by atoms with Crippen molar-refractivity contribution in [2.75, 3.05) is 31.2 Å². The molecule has 0 unspecified atom stereocenters. The van der Waals surface area contributed by atoms with Gasteiger partial charge in [-0.15, -0.1) is 10.2 Å². The van der Waals surface area contributed by atoms with Gasteiger partial charge in [-0.2, -0.15) is 0 Å². The van der Waals surface area contributed by atoms with Gasteiger partial charge in [0.1, 0.15) is 0 Å². The molecule has 5 heteroatoms. The van der Waals surface area contributed by atoms with E-state index in [9.17, 15) is 0 Å². The van der Waals surface area contributed by atoms with Crippen molar-refractivity contribution in [1.29, 1.82) is 0 Å². The maximum absolute atomic E-state index is 5.67. The molecular weight excluding hydrogens is 202 g/mol. The molecule has 76 valence electrons. The van der Waals surface area contributed by atoms with Gasteiger partial charge in [0.05, 0.1) is 6.61 Å². The third kappa shape index (κ3) is 2.33. The lowest BCUT2D eigenvalue weighted by Gasteiger charge is -2.19. The summed E-state index contributed by atoms with van der Waals surface area (Å²) in [6.07, 6.45) is 1.03. The summed E-state index contributed by atoms with van der Waals surface area (Å²) in [5, 5.41) is 8.28. The zero-order valence-corrected chi connectivity index (χ0v) is 8.57. The van der Waals surface area contributed by atoms with E-state index in [-0.39, 0.29) is 0 Å². The predicted molar refractivity (Wildman–Crippen MR) is 54.7 cm³/mol. The molecule has 0 aliphatic carbocycles. The van der Waals surface area contributed by atoms with Crippen molar-refractivity contribution >= 4 is 17.4 Å². The smallest absolute Gasteiger partial charge is 0.151 e. The first-order valence-corrected chi connectivity index (χ1v) is 5.06. The van der Waals surface area contributed by atoms with E-state index in [0.29, 0.717) is 5.15 Å². The zero-order chi connectivity index (χ0) is 9.80. The number of hydrogen-bond acceptors (Lipinski definition) is 4. The number of aromatic nitrogens is 2. The maximum Gasteiger partial charge on any atom is 0.151 e. The maximum atomic E-state index is 5.67. The first-order valence-electron chi connectivity index (χ1n) is 4.68. The van der Waals surface area contributed by atoms with Crippen molar-refractivity contribution in [3.63, 3.8) is 0 Å². The van der Waals surface area contributed by atoms with Crippen molar-refractivity contribution in [2.45, 2.75) is 6.42 Å². The lowest BCUT2D eigenvalue weighted by molar-refractivity contribution is 0.152. The number of ether oxygens (including phenoxy) is 1. The topological polar surface area (TPSA) is 38.2 Å². The molecule has 0 radical (unpaired) electrons. The number of halogens is 1. The third-order valence-electron chi connectivity index (χ3n) is 2.16. The molecule has 1 saturated heterocycles. The summed E-state index contributed by atoms with van der Waals surface area (Å²) in [5.41, 5.74) is 0. The molecule has 0 atom stereocenters. The van der Waals surface area contributed by atoms with Crippen LogP contribution in [0.25, 0.3) is 0 Å². The van der Waals surface area contributed by atoms with Gasteiger partial charge in [0.25, 0.3) is 0 Å². The Morgan fingerprint density at radius 3 is 2.93 bits per heavy atom. The van der Waals surface area contributed by atoms with E-state index in [4.69, 9.17) is 16.3 Å². The fourth-order valence-electron chi connectivity index (χ4n) is 1.45. The van der Waals surface area contributed by atoms with E-state index in [1.807, 2.05) is 6.07 Å². The second kappa shape index (κ2) is 4.57. The summed E-state index contributed by atoms with van der Waals surface area (Å²) in [6.45, 7) is 3.43. The van der Waals surface area contributed by atoms with E-state index < -0.39 is 0 Å². The monoisotopic (exact) mass is 213 g/mol. The van der Waals surface area contributed by atoms with Crippen LogP contribution in [0, 0.1) is 0 Å². The van der Waals surface area contributed by atoms with Crippen molar-refractivity contribution in [2.24, 2.45) is 0 Å². The van der Waals surface area contributed by atoms with Crippen molar-refractivity contribution < 1.29 is 4.74 Å². The first-order chi connectivity index (χ1) is 6.86. The normalized spacial score (nSPS) is 17.9. The molecular formula is C9H12ClN3O. The van der Waals surface area contributed by atoms with Crippen LogP contribution < -0.4 is 4.90 Å². The predicted octanol–water partition coefficient (Wildman–Crippen LogP) is 1.36. The largest absolute Gasteiger partial charge is 0.380 e. The summed E-state index contributed by atoms with van der Waals surface area (Å²) in [5.74, 6) is 0.875. The molecule has 0 saturated carbocycles. The molecule has 1 aliphatic rings. The van der Waals surface area contributed by atoms with E-state index in [0.717, 1.165) is 38.5 Å². The van der Waals surface area contributed by atoms with Gasteiger partial charge >= 0.3 is 0 Å². The molecule has 2 rings (SSSR count). The Morgan fingerprint density at radius 2 is 2.14 bits per heavy atom. The highest BCUT2D eigenvalue weighted by molar-refractivity contribution is 6.29. The molecule has 1 aromatic heterocycles. The molecule has 0 spiro atoms. The van der Waals surface area contributed by atoms with Crippen LogP contribution in [-0.2, 0) is 4.74 Å². The lowest BCUT2D eigenvalue weighted by atomic mass is 10.4. The SMILES string of the molecule is Clc1ccc(N2CCCOCC2)nn1. The van der Waals surface area contributed by atoms with Gasteiger partial charge in [-0.3, -0.25) is 0 Å². The Kier molecular flexibility index (Phi) is 3.16. The van der Waals surface area contributed by atoms with Gasteiger partial charge in [0, 0.05) is 19.7 Å². The molecule has 1 aliphatic heterocycles. The van der Waals surface area contributed by atoms with E-state index in [1.54, 1.807) is 6.07 Å². The Balaban J connectivity index is 2.08. The highest BCUT2D eigenvalue weighted by Crippen LogP contribution is 2.13. The van der Waals surface area contributed by atoms with Crippen LogP contribution in [-0.4, -0.2) is 36.5 Å². The molecule has 0 amide bonds. The second-order valence-electron chi connectivity index (χ2n) is 3.17. The highest BCUT2D eigenvalue weighted by Gasteiger charge is 2.10. The molecule has 14 heavy (non-hydrogen) atoms. The minimum Gasteiger partial charge on any atom is -0.380 e. The Bertz CT molecular complexity index is 283. The Morgan fingerprint density at radius 1 is 1.21 bits per heavy atom. The molecule has 0 bridgehead atoms. The molecule has 0 N–H and O–H groups in total. The highest BCUT2D eigenvalue weighted by atomic mass is 35.5. The van der Waals surface area contributed by atoms with Crippen molar-refractivity contribution in [3.05, 3.63) is 17.3 Å². The van der Waals surface area contributed by atoms with E-state index >= 15 is 0 Å². The van der Waals surface area contributed by atoms with Crippen LogP contribution in [0.3, 0.4) is 0 Å². The molecule has 1 fully saturated rings. The van der Waals surface area contributed by atoms with Crippen LogP contribution in [0.15, 0.2) is 12.1 Å². The van der Waals surface area contributed by atoms with Crippen LogP contribution in [0.4, 0.5) is 5.82 Å². The number of rotatable bonds is 1. The molecule has 1 aromatic rings. The van der Waals surface area contributed by atoms with Crippen molar-refractivity contribution in [3.8, 4) is 0 Å². The van der Waals surface area contributed by atoms with Gasteiger partial charge < -0.3 is 9.64 Å². The van der Waals surface area contributed by atoms with Crippen molar-refractivity contribution in [1.82, 2.24) is 10.2 Å². The first kappa shape index (κ1) is 9.68. The summed E-state index contributed by atoms with van der Waals surface area (Å²) < 4.78 is 5.35. The van der Waals surface area contributed by atoms with Crippen LogP contribution >= 0.6 is 11.6 Å². The summed E-state index contributed by atoms with van der Waals surface area (Å²) in [4.78, 5) is 2.16. The summed E-state index contributed by atoms with van der Waals surface area (Å²) >= 11 is 5.67. The lowest BCUT2D eigenvalue weighted by Crippen LogP contribution is -2.26. The van der Waals surface area contributed by atoms with Gasteiger partial charge in [0.15, 0.2) is 11.0 Å².